The van der Waals surface area contributed by atoms with Gasteiger partial charge in [-0.2, -0.15) is 0 Å². The molecule has 0 amide bonds. The first kappa shape index (κ1) is 10.6. The van der Waals surface area contributed by atoms with E-state index in [9.17, 15) is 4.57 Å². The van der Waals surface area contributed by atoms with Gasteiger partial charge in [-0.25, -0.2) is 0 Å². The summed E-state index contributed by atoms with van der Waals surface area (Å²) in [6.07, 6.45) is 5.86. The van der Waals surface area contributed by atoms with E-state index in [2.05, 4.69) is 11.1 Å². The maximum atomic E-state index is 10.5. The second kappa shape index (κ2) is 5.30. The molecule has 0 radical (unpaired) electrons. The first-order valence-corrected chi connectivity index (χ1v) is 5.31. The molecule has 64 valence electrons. The van der Waals surface area contributed by atoms with E-state index >= 15 is 0 Å². The van der Waals surface area contributed by atoms with Gasteiger partial charge in [-0.1, -0.05) is 24.8 Å². The van der Waals surface area contributed by atoms with E-state index in [0.717, 1.165) is 0 Å². The Labute approximate surface area is 66.9 Å². The van der Waals surface area contributed by atoms with E-state index < -0.39 is 7.60 Å². The lowest BCUT2D eigenvalue weighted by atomic mass is 10.4. The summed E-state index contributed by atoms with van der Waals surface area (Å²) in [6, 6.07) is 0. The SMILES string of the molecule is C=C/C=C/CCOP(C)(=O)O. The number of hydrogen-bond donors (Lipinski definition) is 1. The summed E-state index contributed by atoms with van der Waals surface area (Å²) >= 11 is 0. The lowest BCUT2D eigenvalue weighted by Crippen LogP contribution is -1.88. The largest absolute Gasteiger partial charge is 0.325 e. The molecule has 0 aliphatic carbocycles. The molecule has 0 aliphatic rings. The third-order valence-electron chi connectivity index (χ3n) is 0.888. The molecule has 0 aromatic heterocycles. The zero-order valence-electron chi connectivity index (χ0n) is 6.56. The van der Waals surface area contributed by atoms with E-state index in [4.69, 9.17) is 4.89 Å². The van der Waals surface area contributed by atoms with Gasteiger partial charge < -0.3 is 9.42 Å². The highest BCUT2D eigenvalue weighted by atomic mass is 31.2. The van der Waals surface area contributed by atoms with Crippen molar-refractivity contribution in [3.05, 3.63) is 24.8 Å². The van der Waals surface area contributed by atoms with Gasteiger partial charge in [-0.05, 0) is 6.42 Å². The molecule has 11 heavy (non-hydrogen) atoms. The zero-order chi connectivity index (χ0) is 8.74. The van der Waals surface area contributed by atoms with Crippen molar-refractivity contribution in [2.75, 3.05) is 13.3 Å². The average molecular weight is 176 g/mol. The molecule has 0 rings (SSSR count). The van der Waals surface area contributed by atoms with Gasteiger partial charge in [0.25, 0.3) is 0 Å². The van der Waals surface area contributed by atoms with Crippen LogP contribution in [0.4, 0.5) is 0 Å². The minimum atomic E-state index is -3.27. The third-order valence-corrected chi connectivity index (χ3v) is 1.55. The molecule has 3 nitrogen and oxygen atoms in total. The number of rotatable bonds is 5. The van der Waals surface area contributed by atoms with Crippen LogP contribution >= 0.6 is 7.60 Å². The molecule has 1 unspecified atom stereocenters. The van der Waals surface area contributed by atoms with E-state index in [-0.39, 0.29) is 6.61 Å². The molecule has 1 atom stereocenters. The summed E-state index contributed by atoms with van der Waals surface area (Å²) in [5.74, 6) is 0. The monoisotopic (exact) mass is 176 g/mol. The van der Waals surface area contributed by atoms with Crippen LogP contribution in [0.25, 0.3) is 0 Å². The molecule has 0 aromatic carbocycles. The summed E-state index contributed by atoms with van der Waals surface area (Å²) in [7, 11) is -3.27. The fraction of sp³-hybridized carbons (Fsp3) is 0.429. The second-order valence-electron chi connectivity index (χ2n) is 2.09. The minimum Gasteiger partial charge on any atom is -0.324 e. The van der Waals surface area contributed by atoms with Crippen LogP contribution in [-0.2, 0) is 9.09 Å². The maximum Gasteiger partial charge on any atom is 0.325 e. The lowest BCUT2D eigenvalue weighted by molar-refractivity contribution is 0.270. The fourth-order valence-corrected chi connectivity index (χ4v) is 0.927. The number of allylic oxidation sites excluding steroid dienone is 2. The van der Waals surface area contributed by atoms with Crippen molar-refractivity contribution >= 4 is 7.60 Å². The fourth-order valence-electron chi connectivity index (χ4n) is 0.483. The zero-order valence-corrected chi connectivity index (χ0v) is 7.46. The van der Waals surface area contributed by atoms with Crippen LogP contribution < -0.4 is 0 Å². The molecule has 0 bridgehead atoms. The lowest BCUT2D eigenvalue weighted by Gasteiger charge is -2.03. The normalized spacial score (nSPS) is 16.5. The molecule has 0 saturated heterocycles. The third kappa shape index (κ3) is 9.63. The second-order valence-corrected chi connectivity index (χ2v) is 3.95. The van der Waals surface area contributed by atoms with Crippen LogP contribution in [0.2, 0.25) is 0 Å². The molecular weight excluding hydrogens is 163 g/mol. The van der Waals surface area contributed by atoms with Crippen molar-refractivity contribution in [1.82, 2.24) is 0 Å². The van der Waals surface area contributed by atoms with Crippen LogP contribution in [0, 0.1) is 0 Å². The first-order valence-electron chi connectivity index (χ1n) is 3.28. The van der Waals surface area contributed by atoms with Crippen molar-refractivity contribution in [2.45, 2.75) is 6.42 Å². The Kier molecular flexibility index (Phi) is 5.12. The predicted octanol–water partition coefficient (Wildman–Crippen LogP) is 1.95. The summed E-state index contributed by atoms with van der Waals surface area (Å²) in [6.45, 7) is 4.92. The van der Waals surface area contributed by atoms with Crippen LogP contribution in [0.5, 0.6) is 0 Å². The Bertz CT molecular complexity index is 180. The van der Waals surface area contributed by atoms with Gasteiger partial charge in [0.1, 0.15) is 0 Å². The first-order chi connectivity index (χ1) is 5.06. The summed E-state index contributed by atoms with van der Waals surface area (Å²) in [4.78, 5) is 8.66. The van der Waals surface area contributed by atoms with Gasteiger partial charge in [0, 0.05) is 6.66 Å². The van der Waals surface area contributed by atoms with Crippen LogP contribution in [0.3, 0.4) is 0 Å². The Morgan fingerprint density at radius 2 is 2.36 bits per heavy atom. The highest BCUT2D eigenvalue weighted by Crippen LogP contribution is 2.36. The van der Waals surface area contributed by atoms with Gasteiger partial charge in [-0.15, -0.1) is 0 Å². The highest BCUT2D eigenvalue weighted by molar-refractivity contribution is 7.51. The number of hydrogen-bond acceptors (Lipinski definition) is 2. The molecule has 0 spiro atoms. The van der Waals surface area contributed by atoms with Crippen molar-refractivity contribution in [3.8, 4) is 0 Å². The van der Waals surface area contributed by atoms with Gasteiger partial charge >= 0.3 is 7.60 Å². The average Bonchev–Trinajstić information content (AvgIpc) is 1.85. The quantitative estimate of drug-likeness (QED) is 0.395. The maximum absolute atomic E-state index is 10.5. The predicted molar refractivity (Wildman–Crippen MR) is 45.7 cm³/mol. The summed E-state index contributed by atoms with van der Waals surface area (Å²) in [5.41, 5.74) is 0. The van der Waals surface area contributed by atoms with Gasteiger partial charge in [-0.3, -0.25) is 4.57 Å². The molecule has 0 saturated carbocycles. The minimum absolute atomic E-state index is 0.272. The van der Waals surface area contributed by atoms with Crippen LogP contribution in [0.15, 0.2) is 24.8 Å². The Morgan fingerprint density at radius 3 is 2.82 bits per heavy atom. The molecule has 0 aromatic rings. The van der Waals surface area contributed by atoms with Crippen LogP contribution in [-0.4, -0.2) is 18.2 Å². The van der Waals surface area contributed by atoms with Gasteiger partial charge in [0.05, 0.1) is 6.61 Å². The summed E-state index contributed by atoms with van der Waals surface area (Å²) in [5, 5.41) is 0. The molecular formula is C7H13O3P. The molecule has 0 fully saturated rings. The molecule has 0 heterocycles. The van der Waals surface area contributed by atoms with E-state index in [1.54, 1.807) is 12.2 Å². The van der Waals surface area contributed by atoms with E-state index in [0.29, 0.717) is 6.42 Å². The molecule has 1 N–H and O–H groups in total. The topological polar surface area (TPSA) is 46.5 Å². The van der Waals surface area contributed by atoms with Crippen LogP contribution in [0.1, 0.15) is 6.42 Å². The molecule has 0 aliphatic heterocycles. The molecule has 4 heteroatoms. The van der Waals surface area contributed by atoms with Crippen molar-refractivity contribution in [3.63, 3.8) is 0 Å². The Hall–Kier alpha value is -0.370. The van der Waals surface area contributed by atoms with Gasteiger partial charge in [0.15, 0.2) is 0 Å². The standard InChI is InChI=1S/C7H13O3P/c1-3-4-5-6-7-10-11(2,8)9/h3-5H,1,6-7H2,2H3,(H,8,9)/b5-4+. The Balaban J connectivity index is 3.36. The van der Waals surface area contributed by atoms with E-state index in [1.165, 1.54) is 6.66 Å². The smallest absolute Gasteiger partial charge is 0.324 e. The Morgan fingerprint density at radius 1 is 1.73 bits per heavy atom. The van der Waals surface area contributed by atoms with Crippen molar-refractivity contribution in [1.29, 1.82) is 0 Å². The summed E-state index contributed by atoms with van der Waals surface area (Å²) < 4.78 is 15.1. The van der Waals surface area contributed by atoms with E-state index in [1.807, 2.05) is 6.08 Å². The van der Waals surface area contributed by atoms with Gasteiger partial charge in [0.2, 0.25) is 0 Å². The highest BCUT2D eigenvalue weighted by Gasteiger charge is 2.07. The van der Waals surface area contributed by atoms with Crippen molar-refractivity contribution < 1.29 is 14.0 Å². The van der Waals surface area contributed by atoms with Crippen molar-refractivity contribution in [2.24, 2.45) is 0 Å².